The van der Waals surface area contributed by atoms with E-state index < -0.39 is 0 Å². The van der Waals surface area contributed by atoms with Crippen molar-refractivity contribution in [2.75, 3.05) is 6.61 Å². The SMILES string of the molecule is CCCCCCC/C=C/C(=O)OCC=C(C)C. The molecule has 0 heterocycles. The van der Waals surface area contributed by atoms with Crippen LogP contribution in [0.5, 0.6) is 0 Å². The van der Waals surface area contributed by atoms with Crippen LogP contribution in [0.15, 0.2) is 23.8 Å². The number of hydrogen-bond donors (Lipinski definition) is 0. The number of hydrogen-bond acceptors (Lipinski definition) is 2. The second-order valence-corrected chi connectivity index (χ2v) is 4.52. The molecule has 0 saturated heterocycles. The van der Waals surface area contributed by atoms with E-state index in [1.54, 1.807) is 6.08 Å². The average molecular weight is 238 g/mol. The summed E-state index contributed by atoms with van der Waals surface area (Å²) in [5, 5.41) is 0. The molecule has 0 aliphatic rings. The third-order valence-corrected chi connectivity index (χ3v) is 2.45. The molecule has 98 valence electrons. The van der Waals surface area contributed by atoms with E-state index in [0.717, 1.165) is 18.4 Å². The zero-order valence-corrected chi connectivity index (χ0v) is 11.5. The standard InChI is InChI=1S/C15H26O2/c1-4-5-6-7-8-9-10-11-15(16)17-13-12-14(2)3/h10-12H,4-9,13H2,1-3H3/b11-10+. The lowest BCUT2D eigenvalue weighted by atomic mass is 10.1. The van der Waals surface area contributed by atoms with E-state index in [1.807, 2.05) is 26.0 Å². The van der Waals surface area contributed by atoms with Gasteiger partial charge in [-0.15, -0.1) is 0 Å². The van der Waals surface area contributed by atoms with Gasteiger partial charge in [-0.1, -0.05) is 44.3 Å². The predicted octanol–water partition coefficient (Wildman–Crippen LogP) is 4.41. The van der Waals surface area contributed by atoms with Gasteiger partial charge >= 0.3 is 5.97 Å². The fraction of sp³-hybridized carbons (Fsp3) is 0.667. The van der Waals surface area contributed by atoms with Crippen LogP contribution < -0.4 is 0 Å². The molecule has 0 saturated carbocycles. The maximum Gasteiger partial charge on any atom is 0.330 e. The Hall–Kier alpha value is -1.05. The zero-order chi connectivity index (χ0) is 12.9. The van der Waals surface area contributed by atoms with Crippen molar-refractivity contribution in [2.24, 2.45) is 0 Å². The highest BCUT2D eigenvalue weighted by molar-refractivity contribution is 5.81. The van der Waals surface area contributed by atoms with Crippen molar-refractivity contribution in [3.05, 3.63) is 23.8 Å². The Labute approximate surface area is 106 Å². The van der Waals surface area contributed by atoms with Crippen LogP contribution in [0.25, 0.3) is 0 Å². The molecule has 0 atom stereocenters. The first-order valence-electron chi connectivity index (χ1n) is 6.63. The van der Waals surface area contributed by atoms with Gasteiger partial charge in [-0.2, -0.15) is 0 Å². The second kappa shape index (κ2) is 11.4. The summed E-state index contributed by atoms with van der Waals surface area (Å²) in [5.74, 6) is -0.240. The van der Waals surface area contributed by atoms with Gasteiger partial charge < -0.3 is 4.74 Å². The van der Waals surface area contributed by atoms with Crippen molar-refractivity contribution in [1.29, 1.82) is 0 Å². The quantitative estimate of drug-likeness (QED) is 0.257. The van der Waals surface area contributed by atoms with E-state index in [0.29, 0.717) is 6.61 Å². The summed E-state index contributed by atoms with van der Waals surface area (Å²) < 4.78 is 5.00. The summed E-state index contributed by atoms with van der Waals surface area (Å²) in [5.41, 5.74) is 1.16. The highest BCUT2D eigenvalue weighted by Crippen LogP contribution is 2.05. The Morgan fingerprint density at radius 3 is 2.47 bits per heavy atom. The molecule has 0 spiro atoms. The molecule has 0 N–H and O–H groups in total. The number of carbonyl (C=O) groups excluding carboxylic acids is 1. The fourth-order valence-corrected chi connectivity index (χ4v) is 1.38. The monoisotopic (exact) mass is 238 g/mol. The van der Waals surface area contributed by atoms with Crippen LogP contribution in [0.3, 0.4) is 0 Å². The van der Waals surface area contributed by atoms with Crippen LogP contribution in [0.4, 0.5) is 0 Å². The first-order valence-corrected chi connectivity index (χ1v) is 6.63. The molecule has 0 radical (unpaired) electrons. The minimum absolute atomic E-state index is 0.240. The van der Waals surface area contributed by atoms with Crippen LogP contribution >= 0.6 is 0 Å². The number of unbranched alkanes of at least 4 members (excludes halogenated alkanes) is 5. The molecule has 0 aliphatic carbocycles. The number of ether oxygens (including phenoxy) is 1. The van der Waals surface area contributed by atoms with Crippen LogP contribution in [-0.4, -0.2) is 12.6 Å². The van der Waals surface area contributed by atoms with Gasteiger partial charge in [0.2, 0.25) is 0 Å². The maximum absolute atomic E-state index is 11.2. The maximum atomic E-state index is 11.2. The number of esters is 1. The van der Waals surface area contributed by atoms with Gasteiger partial charge in [0, 0.05) is 6.08 Å². The summed E-state index contributed by atoms with van der Waals surface area (Å²) in [6.45, 7) is 6.56. The Morgan fingerprint density at radius 1 is 1.12 bits per heavy atom. The van der Waals surface area contributed by atoms with Gasteiger partial charge in [-0.3, -0.25) is 0 Å². The van der Waals surface area contributed by atoms with Crippen molar-refractivity contribution in [3.63, 3.8) is 0 Å². The third kappa shape index (κ3) is 12.9. The van der Waals surface area contributed by atoms with Gasteiger partial charge in [0.15, 0.2) is 0 Å². The van der Waals surface area contributed by atoms with E-state index in [-0.39, 0.29) is 5.97 Å². The molecule has 0 aromatic rings. The molecule has 0 rings (SSSR count). The molecule has 2 nitrogen and oxygen atoms in total. The Bertz CT molecular complexity index is 248. The minimum Gasteiger partial charge on any atom is -0.458 e. The Balaban J connectivity index is 3.44. The molecular weight excluding hydrogens is 212 g/mol. The van der Waals surface area contributed by atoms with Crippen molar-refractivity contribution in [2.45, 2.75) is 59.3 Å². The van der Waals surface area contributed by atoms with Crippen molar-refractivity contribution < 1.29 is 9.53 Å². The second-order valence-electron chi connectivity index (χ2n) is 4.52. The number of allylic oxidation sites excluding steroid dienone is 2. The van der Waals surface area contributed by atoms with E-state index in [1.165, 1.54) is 25.7 Å². The van der Waals surface area contributed by atoms with Gasteiger partial charge in [0.1, 0.15) is 6.61 Å². The summed E-state index contributed by atoms with van der Waals surface area (Å²) in [6, 6.07) is 0. The molecule has 2 heteroatoms. The molecular formula is C15H26O2. The zero-order valence-electron chi connectivity index (χ0n) is 11.5. The molecule has 0 aromatic carbocycles. The number of carbonyl (C=O) groups is 1. The van der Waals surface area contributed by atoms with Crippen molar-refractivity contribution in [1.82, 2.24) is 0 Å². The Morgan fingerprint density at radius 2 is 1.82 bits per heavy atom. The highest BCUT2D eigenvalue weighted by Gasteiger charge is 1.93. The van der Waals surface area contributed by atoms with E-state index in [9.17, 15) is 4.79 Å². The lowest BCUT2D eigenvalue weighted by Crippen LogP contribution is -2.00. The van der Waals surface area contributed by atoms with Crippen LogP contribution in [-0.2, 0) is 9.53 Å². The number of rotatable bonds is 9. The smallest absolute Gasteiger partial charge is 0.330 e. The van der Waals surface area contributed by atoms with Gasteiger partial charge in [-0.05, 0) is 32.8 Å². The van der Waals surface area contributed by atoms with Crippen molar-refractivity contribution in [3.8, 4) is 0 Å². The summed E-state index contributed by atoms with van der Waals surface area (Å²) >= 11 is 0. The van der Waals surface area contributed by atoms with E-state index in [4.69, 9.17) is 4.74 Å². The topological polar surface area (TPSA) is 26.3 Å². The molecule has 17 heavy (non-hydrogen) atoms. The summed E-state index contributed by atoms with van der Waals surface area (Å²) in [7, 11) is 0. The van der Waals surface area contributed by atoms with Gasteiger partial charge in [0.05, 0.1) is 0 Å². The predicted molar refractivity (Wildman–Crippen MR) is 72.9 cm³/mol. The van der Waals surface area contributed by atoms with Crippen LogP contribution in [0.1, 0.15) is 59.3 Å². The van der Waals surface area contributed by atoms with Gasteiger partial charge in [0.25, 0.3) is 0 Å². The first-order chi connectivity index (χ1) is 8.16. The van der Waals surface area contributed by atoms with E-state index >= 15 is 0 Å². The lowest BCUT2D eigenvalue weighted by molar-refractivity contribution is -0.136. The molecule has 0 unspecified atom stereocenters. The lowest BCUT2D eigenvalue weighted by Gasteiger charge is -1.98. The molecule has 0 bridgehead atoms. The van der Waals surface area contributed by atoms with Crippen LogP contribution in [0, 0.1) is 0 Å². The molecule has 0 aliphatic heterocycles. The van der Waals surface area contributed by atoms with Crippen molar-refractivity contribution >= 4 is 5.97 Å². The molecule has 0 amide bonds. The Kier molecular flexibility index (Phi) is 10.7. The highest BCUT2D eigenvalue weighted by atomic mass is 16.5. The first kappa shape index (κ1) is 16.0. The minimum atomic E-state index is -0.240. The normalized spacial score (nSPS) is 10.5. The average Bonchev–Trinajstić information content (AvgIpc) is 2.27. The molecule has 0 fully saturated rings. The fourth-order valence-electron chi connectivity index (χ4n) is 1.38. The summed E-state index contributed by atoms with van der Waals surface area (Å²) in [4.78, 5) is 11.2. The van der Waals surface area contributed by atoms with Crippen LogP contribution in [0.2, 0.25) is 0 Å². The molecule has 0 aromatic heterocycles. The summed E-state index contributed by atoms with van der Waals surface area (Å²) in [6.07, 6.45) is 12.6. The third-order valence-electron chi connectivity index (χ3n) is 2.45. The van der Waals surface area contributed by atoms with Gasteiger partial charge in [-0.25, -0.2) is 4.79 Å². The largest absolute Gasteiger partial charge is 0.458 e. The van der Waals surface area contributed by atoms with E-state index in [2.05, 4.69) is 6.92 Å².